The fraction of sp³-hybridized carbons (Fsp3) is 0.278. The lowest BCUT2D eigenvalue weighted by Crippen LogP contribution is -3.15. The fourth-order valence-electron chi connectivity index (χ4n) is 3.19. The largest absolute Gasteiger partial charge is 0.325 e. The van der Waals surface area contributed by atoms with Gasteiger partial charge in [0, 0.05) is 11.8 Å². The number of piperazine rings is 1. The van der Waals surface area contributed by atoms with Crippen LogP contribution in [-0.4, -0.2) is 56.3 Å². The lowest BCUT2D eigenvalue weighted by atomic mass is 10.3. The molecule has 9 nitrogen and oxygen atoms in total. The summed E-state index contributed by atoms with van der Waals surface area (Å²) in [7, 11) is -4.00. The molecular formula is C18H19Cl2N4O5S+. The summed E-state index contributed by atoms with van der Waals surface area (Å²) in [6.45, 7) is 1.26. The lowest BCUT2D eigenvalue weighted by molar-refractivity contribution is -0.895. The molecule has 0 spiro atoms. The second-order valence-electron chi connectivity index (χ2n) is 6.73. The normalized spacial score (nSPS) is 15.7. The first-order valence-electron chi connectivity index (χ1n) is 9.00. The molecule has 1 amide bonds. The number of nitrogens with one attached hydrogen (secondary N) is 2. The smallest absolute Gasteiger partial charge is 0.289 e. The van der Waals surface area contributed by atoms with Gasteiger partial charge in [0.05, 0.1) is 41.1 Å². The molecule has 0 atom stereocenters. The van der Waals surface area contributed by atoms with Gasteiger partial charge in [0.1, 0.15) is 0 Å². The zero-order valence-electron chi connectivity index (χ0n) is 15.7. The first-order valence-corrected chi connectivity index (χ1v) is 11.2. The van der Waals surface area contributed by atoms with E-state index in [9.17, 15) is 23.3 Å². The highest BCUT2D eigenvalue weighted by atomic mass is 35.5. The van der Waals surface area contributed by atoms with Crippen LogP contribution in [0, 0.1) is 10.1 Å². The van der Waals surface area contributed by atoms with Crippen LogP contribution in [0.5, 0.6) is 0 Å². The van der Waals surface area contributed by atoms with Gasteiger partial charge in [-0.3, -0.25) is 14.9 Å². The Morgan fingerprint density at radius 3 is 2.43 bits per heavy atom. The maximum absolute atomic E-state index is 12.9. The van der Waals surface area contributed by atoms with E-state index in [-0.39, 0.29) is 30.4 Å². The monoisotopic (exact) mass is 473 g/mol. The van der Waals surface area contributed by atoms with Crippen molar-refractivity contribution in [3.8, 4) is 0 Å². The number of nitro groups is 1. The van der Waals surface area contributed by atoms with E-state index >= 15 is 0 Å². The number of nitrogens with zero attached hydrogens (tertiary/aromatic N) is 2. The first-order chi connectivity index (χ1) is 14.2. The van der Waals surface area contributed by atoms with Crippen molar-refractivity contribution in [1.82, 2.24) is 4.31 Å². The van der Waals surface area contributed by atoms with Gasteiger partial charge in [0.25, 0.3) is 11.6 Å². The van der Waals surface area contributed by atoms with Crippen molar-refractivity contribution in [2.45, 2.75) is 4.90 Å². The molecule has 3 rings (SSSR count). The van der Waals surface area contributed by atoms with E-state index in [0.717, 1.165) is 4.90 Å². The number of amides is 1. The van der Waals surface area contributed by atoms with Crippen molar-refractivity contribution in [3.05, 3.63) is 62.6 Å². The zero-order chi connectivity index (χ0) is 21.9. The topological polar surface area (TPSA) is 114 Å². The van der Waals surface area contributed by atoms with Crippen LogP contribution in [0.3, 0.4) is 0 Å². The predicted molar refractivity (Wildman–Crippen MR) is 113 cm³/mol. The van der Waals surface area contributed by atoms with Crippen LogP contribution >= 0.6 is 23.2 Å². The number of anilines is 1. The summed E-state index contributed by atoms with van der Waals surface area (Å²) in [5, 5.41) is 14.6. The Labute approximate surface area is 183 Å². The van der Waals surface area contributed by atoms with Gasteiger partial charge in [0.2, 0.25) is 10.0 Å². The molecule has 0 aliphatic carbocycles. The molecule has 0 radical (unpaired) electrons. The number of halogens is 2. The van der Waals surface area contributed by atoms with Crippen LogP contribution in [0.15, 0.2) is 47.4 Å². The van der Waals surface area contributed by atoms with E-state index in [1.165, 1.54) is 28.6 Å². The summed E-state index contributed by atoms with van der Waals surface area (Å²) in [5.41, 5.74) is 0.0691. The summed E-state index contributed by atoms with van der Waals surface area (Å²) >= 11 is 11.8. The van der Waals surface area contributed by atoms with Gasteiger partial charge in [-0.1, -0.05) is 35.3 Å². The molecule has 2 aromatic carbocycles. The van der Waals surface area contributed by atoms with Gasteiger partial charge in [-0.25, -0.2) is 8.42 Å². The average molecular weight is 474 g/mol. The summed E-state index contributed by atoms with van der Waals surface area (Å²) in [4.78, 5) is 23.3. The molecular weight excluding hydrogens is 455 g/mol. The number of carbonyl (C=O) groups is 1. The number of quaternary nitrogens is 1. The van der Waals surface area contributed by atoms with E-state index in [1.807, 2.05) is 0 Å². The van der Waals surface area contributed by atoms with E-state index < -0.39 is 20.6 Å². The maximum Gasteiger partial charge on any atom is 0.289 e. The van der Waals surface area contributed by atoms with E-state index in [0.29, 0.717) is 28.8 Å². The Balaban J connectivity index is 1.60. The highest BCUT2D eigenvalue weighted by molar-refractivity contribution is 7.89. The zero-order valence-corrected chi connectivity index (χ0v) is 18.0. The Hall–Kier alpha value is -2.24. The van der Waals surface area contributed by atoms with Gasteiger partial charge < -0.3 is 10.2 Å². The molecule has 0 unspecified atom stereocenters. The molecule has 2 N–H and O–H groups in total. The lowest BCUT2D eigenvalue weighted by Gasteiger charge is -2.31. The number of sulfonamides is 1. The van der Waals surface area contributed by atoms with Crippen molar-refractivity contribution in [2.24, 2.45) is 0 Å². The number of para-hydroxylation sites is 1. The van der Waals surface area contributed by atoms with Gasteiger partial charge in [-0.2, -0.15) is 4.31 Å². The van der Waals surface area contributed by atoms with E-state index in [1.54, 1.807) is 18.2 Å². The molecule has 1 saturated heterocycles. The van der Waals surface area contributed by atoms with E-state index in [4.69, 9.17) is 23.2 Å². The predicted octanol–water partition coefficient (Wildman–Crippen LogP) is 1.43. The standard InChI is InChI=1S/C18H18Cl2N4O5S/c19-14-6-5-13(11-15(14)20)21-18(25)12-22-7-9-23(10-8-22)30(28,29)17-4-2-1-3-16(17)24(26)27/h1-6,11H,7-10,12H2,(H,21,25)/p+1. The van der Waals surface area contributed by atoms with Gasteiger partial charge in [0.15, 0.2) is 11.4 Å². The highest BCUT2D eigenvalue weighted by Gasteiger charge is 2.35. The molecule has 2 aromatic rings. The quantitative estimate of drug-likeness (QED) is 0.486. The maximum atomic E-state index is 12.9. The van der Waals surface area contributed by atoms with Gasteiger partial charge in [-0.05, 0) is 24.3 Å². The number of carbonyl (C=O) groups excluding carboxylic acids is 1. The van der Waals surface area contributed by atoms with Crippen LogP contribution < -0.4 is 10.2 Å². The Kier molecular flexibility index (Phi) is 6.94. The Bertz CT molecular complexity index is 1070. The number of rotatable bonds is 6. The van der Waals surface area contributed by atoms with Crippen LogP contribution in [-0.2, 0) is 14.8 Å². The molecule has 1 aliphatic heterocycles. The van der Waals surface area contributed by atoms with Crippen molar-refractivity contribution in [3.63, 3.8) is 0 Å². The van der Waals surface area contributed by atoms with Crippen molar-refractivity contribution >= 4 is 50.5 Å². The Morgan fingerprint density at radius 1 is 1.13 bits per heavy atom. The highest BCUT2D eigenvalue weighted by Crippen LogP contribution is 2.26. The molecule has 0 bridgehead atoms. The fourth-order valence-corrected chi connectivity index (χ4v) is 5.09. The number of nitro benzene ring substituents is 1. The number of hydrogen-bond acceptors (Lipinski definition) is 5. The summed E-state index contributed by atoms with van der Waals surface area (Å²) in [6.07, 6.45) is 0. The van der Waals surface area contributed by atoms with Crippen molar-refractivity contribution in [1.29, 1.82) is 0 Å². The summed E-state index contributed by atoms with van der Waals surface area (Å²) in [5.74, 6) is -0.238. The van der Waals surface area contributed by atoms with Crippen LogP contribution in [0.4, 0.5) is 11.4 Å². The molecule has 1 aliphatic rings. The van der Waals surface area contributed by atoms with Crippen LogP contribution in [0.2, 0.25) is 10.0 Å². The third-order valence-electron chi connectivity index (χ3n) is 4.72. The van der Waals surface area contributed by atoms with Crippen molar-refractivity contribution in [2.75, 3.05) is 38.0 Å². The SMILES string of the molecule is O=C(C[NH+]1CCN(S(=O)(=O)c2ccccc2[N+](=O)[O-])CC1)Nc1ccc(Cl)c(Cl)c1. The number of hydrogen-bond donors (Lipinski definition) is 2. The minimum absolute atomic E-state index is 0.152. The second kappa shape index (κ2) is 9.27. The van der Waals surface area contributed by atoms with Crippen LogP contribution in [0.25, 0.3) is 0 Å². The number of benzene rings is 2. The first kappa shape index (κ1) is 22.4. The van der Waals surface area contributed by atoms with Crippen LogP contribution in [0.1, 0.15) is 0 Å². The minimum Gasteiger partial charge on any atom is -0.325 e. The van der Waals surface area contributed by atoms with E-state index in [2.05, 4.69) is 5.32 Å². The molecule has 0 saturated carbocycles. The third-order valence-corrected chi connectivity index (χ3v) is 7.41. The third kappa shape index (κ3) is 5.08. The molecule has 1 heterocycles. The van der Waals surface area contributed by atoms with Gasteiger partial charge >= 0.3 is 0 Å². The molecule has 30 heavy (non-hydrogen) atoms. The minimum atomic E-state index is -4.00. The second-order valence-corrected chi connectivity index (χ2v) is 9.45. The summed E-state index contributed by atoms with van der Waals surface area (Å²) in [6, 6.07) is 10.0. The molecule has 0 aromatic heterocycles. The average Bonchev–Trinajstić information content (AvgIpc) is 2.71. The van der Waals surface area contributed by atoms with Gasteiger partial charge in [-0.15, -0.1) is 0 Å². The molecule has 1 fully saturated rings. The Morgan fingerprint density at radius 2 is 1.80 bits per heavy atom. The summed E-state index contributed by atoms with van der Waals surface area (Å²) < 4.78 is 26.9. The van der Waals surface area contributed by atoms with Crippen molar-refractivity contribution < 1.29 is 23.0 Å². The molecule has 12 heteroatoms. The molecule has 160 valence electrons.